The summed E-state index contributed by atoms with van der Waals surface area (Å²) in [6, 6.07) is 6.07. The third kappa shape index (κ3) is 4.53. The first-order chi connectivity index (χ1) is 10.6. The van der Waals surface area contributed by atoms with Gasteiger partial charge in [-0.15, -0.1) is 0 Å². The van der Waals surface area contributed by atoms with Crippen LogP contribution in [0.5, 0.6) is 0 Å². The number of piperazine rings is 1. The lowest BCUT2D eigenvalue weighted by molar-refractivity contribution is 0.370. The summed E-state index contributed by atoms with van der Waals surface area (Å²) in [6.07, 6.45) is 4.00. The second kappa shape index (κ2) is 7.72. The lowest BCUT2D eigenvalue weighted by Gasteiger charge is -2.37. The molecule has 2 rings (SSSR count). The summed E-state index contributed by atoms with van der Waals surface area (Å²) in [7, 11) is 1.86. The average Bonchev–Trinajstić information content (AvgIpc) is 2.57. The molecule has 1 aliphatic rings. The first-order valence-corrected chi connectivity index (χ1v) is 8.95. The Morgan fingerprint density at radius 2 is 2.05 bits per heavy atom. The molecule has 1 fully saturated rings. The molecule has 0 amide bonds. The van der Waals surface area contributed by atoms with E-state index < -0.39 is 0 Å². The molecule has 1 aliphatic heterocycles. The minimum atomic E-state index is 0.214. The standard InChI is InChI=1S/C16H27N5S/c1-16(2,22-4)13-19-15(17-3)21-11-9-20(10-12-21)14-7-5-6-8-18-14/h5-8H,9-13H2,1-4H3,(H,17,19). The highest BCUT2D eigenvalue weighted by Crippen LogP contribution is 2.19. The first kappa shape index (κ1) is 16.9. The number of aromatic nitrogens is 1. The minimum absolute atomic E-state index is 0.214. The number of nitrogens with one attached hydrogen (secondary N) is 1. The molecule has 0 aromatic carbocycles. The molecule has 1 aromatic heterocycles. The summed E-state index contributed by atoms with van der Waals surface area (Å²) >= 11 is 1.87. The maximum absolute atomic E-state index is 4.43. The van der Waals surface area contributed by atoms with Gasteiger partial charge in [0.15, 0.2) is 5.96 Å². The van der Waals surface area contributed by atoms with Gasteiger partial charge in [-0.05, 0) is 32.2 Å². The van der Waals surface area contributed by atoms with Crippen molar-refractivity contribution < 1.29 is 0 Å². The second-order valence-electron chi connectivity index (χ2n) is 6.03. The van der Waals surface area contributed by atoms with Crippen molar-refractivity contribution in [3.8, 4) is 0 Å². The Morgan fingerprint density at radius 1 is 1.32 bits per heavy atom. The SMILES string of the molecule is CN=C(NCC(C)(C)SC)N1CCN(c2ccccn2)CC1. The van der Waals surface area contributed by atoms with Gasteiger partial charge in [0.25, 0.3) is 0 Å². The van der Waals surface area contributed by atoms with Crippen LogP contribution in [0, 0.1) is 0 Å². The van der Waals surface area contributed by atoms with Crippen LogP contribution in [0.4, 0.5) is 5.82 Å². The minimum Gasteiger partial charge on any atom is -0.355 e. The summed E-state index contributed by atoms with van der Waals surface area (Å²) in [4.78, 5) is 13.5. The Morgan fingerprint density at radius 3 is 2.59 bits per heavy atom. The van der Waals surface area contributed by atoms with E-state index in [1.165, 1.54) is 0 Å². The largest absolute Gasteiger partial charge is 0.355 e. The third-order valence-corrected chi connectivity index (χ3v) is 5.24. The van der Waals surface area contributed by atoms with Crippen molar-refractivity contribution in [1.82, 2.24) is 15.2 Å². The topological polar surface area (TPSA) is 43.8 Å². The van der Waals surface area contributed by atoms with Crippen molar-refractivity contribution in [2.24, 2.45) is 4.99 Å². The molecular weight excluding hydrogens is 294 g/mol. The summed E-state index contributed by atoms with van der Waals surface area (Å²) < 4.78 is 0.214. The van der Waals surface area contributed by atoms with Crippen molar-refractivity contribution in [3.63, 3.8) is 0 Å². The lowest BCUT2D eigenvalue weighted by atomic mass is 10.2. The van der Waals surface area contributed by atoms with Gasteiger partial charge < -0.3 is 15.1 Å². The zero-order chi connectivity index (χ0) is 16.0. The van der Waals surface area contributed by atoms with E-state index in [1.54, 1.807) is 0 Å². The van der Waals surface area contributed by atoms with Gasteiger partial charge in [0.05, 0.1) is 0 Å². The van der Waals surface area contributed by atoms with Crippen LogP contribution in [0.15, 0.2) is 29.4 Å². The van der Waals surface area contributed by atoms with Gasteiger partial charge in [-0.3, -0.25) is 4.99 Å². The molecule has 5 nitrogen and oxygen atoms in total. The van der Waals surface area contributed by atoms with Crippen molar-refractivity contribution in [2.75, 3.05) is 50.9 Å². The molecule has 0 aliphatic carbocycles. The van der Waals surface area contributed by atoms with E-state index in [4.69, 9.17) is 0 Å². The molecule has 22 heavy (non-hydrogen) atoms. The van der Waals surface area contributed by atoms with Gasteiger partial charge >= 0.3 is 0 Å². The third-order valence-electron chi connectivity index (χ3n) is 3.99. The van der Waals surface area contributed by atoms with Gasteiger partial charge in [-0.25, -0.2) is 4.98 Å². The van der Waals surface area contributed by atoms with Crippen molar-refractivity contribution >= 4 is 23.5 Å². The van der Waals surface area contributed by atoms with Gasteiger partial charge in [0.2, 0.25) is 0 Å². The van der Waals surface area contributed by atoms with E-state index in [0.29, 0.717) is 0 Å². The fourth-order valence-corrected chi connectivity index (χ4v) is 2.60. The van der Waals surface area contributed by atoms with E-state index in [0.717, 1.165) is 44.5 Å². The average molecular weight is 321 g/mol. The summed E-state index contributed by atoms with van der Waals surface area (Å²) in [5, 5.41) is 3.51. The smallest absolute Gasteiger partial charge is 0.193 e. The van der Waals surface area contributed by atoms with E-state index in [9.17, 15) is 0 Å². The Bertz CT molecular complexity index is 481. The fraction of sp³-hybridized carbons (Fsp3) is 0.625. The van der Waals surface area contributed by atoms with Crippen molar-refractivity contribution in [3.05, 3.63) is 24.4 Å². The van der Waals surface area contributed by atoms with Crippen LogP contribution in [0.25, 0.3) is 0 Å². The molecule has 0 saturated carbocycles. The van der Waals surface area contributed by atoms with Gasteiger partial charge in [-0.2, -0.15) is 11.8 Å². The number of pyridine rings is 1. The predicted octanol–water partition coefficient (Wildman–Crippen LogP) is 1.92. The maximum atomic E-state index is 4.43. The highest BCUT2D eigenvalue weighted by Gasteiger charge is 2.22. The van der Waals surface area contributed by atoms with Crippen LogP contribution < -0.4 is 10.2 Å². The van der Waals surface area contributed by atoms with Crippen LogP contribution in [0.2, 0.25) is 0 Å². The van der Waals surface area contributed by atoms with Crippen molar-refractivity contribution in [1.29, 1.82) is 0 Å². The van der Waals surface area contributed by atoms with Crippen LogP contribution in [-0.2, 0) is 0 Å². The number of guanidine groups is 1. The number of anilines is 1. The number of hydrogen-bond acceptors (Lipinski definition) is 4. The molecule has 1 aromatic rings. The lowest BCUT2D eigenvalue weighted by Crippen LogP contribution is -2.54. The quantitative estimate of drug-likeness (QED) is 0.678. The van der Waals surface area contributed by atoms with E-state index in [1.807, 2.05) is 37.1 Å². The number of rotatable bonds is 4. The predicted molar refractivity (Wildman–Crippen MR) is 97.0 cm³/mol. The van der Waals surface area contributed by atoms with Crippen molar-refractivity contribution in [2.45, 2.75) is 18.6 Å². The molecule has 1 N–H and O–H groups in total. The monoisotopic (exact) mass is 321 g/mol. The van der Waals surface area contributed by atoms with E-state index in [-0.39, 0.29) is 4.75 Å². The van der Waals surface area contributed by atoms with Crippen LogP contribution in [0.1, 0.15) is 13.8 Å². The Kier molecular flexibility index (Phi) is 5.94. The normalized spacial score (nSPS) is 16.8. The van der Waals surface area contributed by atoms with E-state index >= 15 is 0 Å². The van der Waals surface area contributed by atoms with Gasteiger partial charge in [0, 0.05) is 50.7 Å². The molecule has 1 saturated heterocycles. The second-order valence-corrected chi connectivity index (χ2v) is 7.54. The summed E-state index contributed by atoms with van der Waals surface area (Å²) in [5.74, 6) is 2.07. The molecule has 0 bridgehead atoms. The number of nitrogens with zero attached hydrogens (tertiary/aromatic N) is 4. The first-order valence-electron chi connectivity index (χ1n) is 7.72. The molecular formula is C16H27N5S. The molecule has 6 heteroatoms. The van der Waals surface area contributed by atoms with Gasteiger partial charge in [0.1, 0.15) is 5.82 Å². The maximum Gasteiger partial charge on any atom is 0.193 e. The van der Waals surface area contributed by atoms with Crippen LogP contribution in [-0.4, -0.2) is 66.6 Å². The summed E-state index contributed by atoms with van der Waals surface area (Å²) in [5.41, 5.74) is 0. The molecule has 0 radical (unpaired) electrons. The molecule has 0 spiro atoms. The summed E-state index contributed by atoms with van der Waals surface area (Å²) in [6.45, 7) is 9.30. The Balaban J connectivity index is 1.87. The Labute approximate surface area is 138 Å². The molecule has 122 valence electrons. The molecule has 0 atom stereocenters. The van der Waals surface area contributed by atoms with Crippen LogP contribution >= 0.6 is 11.8 Å². The van der Waals surface area contributed by atoms with Gasteiger partial charge in [-0.1, -0.05) is 6.07 Å². The zero-order valence-corrected chi connectivity index (χ0v) is 14.9. The highest BCUT2D eigenvalue weighted by atomic mass is 32.2. The number of hydrogen-bond donors (Lipinski definition) is 1. The number of thioether (sulfide) groups is 1. The fourth-order valence-electron chi connectivity index (χ4n) is 2.38. The Hall–Kier alpha value is -1.43. The zero-order valence-electron chi connectivity index (χ0n) is 14.0. The van der Waals surface area contributed by atoms with Crippen LogP contribution in [0.3, 0.4) is 0 Å². The van der Waals surface area contributed by atoms with E-state index in [2.05, 4.69) is 51.3 Å². The highest BCUT2D eigenvalue weighted by molar-refractivity contribution is 7.99. The molecule has 2 heterocycles. The molecule has 0 unspecified atom stereocenters. The number of aliphatic imine (C=N–C) groups is 1.